The van der Waals surface area contributed by atoms with Crippen LogP contribution in [0.15, 0.2) is 0 Å². The molecule has 1 aliphatic rings. The molecule has 1 aromatic rings. The maximum absolute atomic E-state index is 12.2. The molecule has 2 rings (SSSR count). The zero-order chi connectivity index (χ0) is 16.7. The van der Waals surface area contributed by atoms with Gasteiger partial charge >= 0.3 is 11.9 Å². The number of aliphatic carboxylic acids is 1. The Hall–Kier alpha value is -1.96. The van der Waals surface area contributed by atoms with Crippen LogP contribution in [0.3, 0.4) is 0 Å². The number of nitrogens with zero attached hydrogens (tertiary/aromatic N) is 1. The Balaban J connectivity index is 2.09. The Labute approximate surface area is 131 Å². The lowest BCUT2D eigenvalue weighted by Crippen LogP contribution is -2.17. The molecule has 1 heterocycles. The number of aryl methyl sites for hydroxylation is 1. The van der Waals surface area contributed by atoms with Gasteiger partial charge in [0.2, 0.25) is 5.91 Å². The van der Waals surface area contributed by atoms with Crippen LogP contribution in [0.1, 0.15) is 36.1 Å². The van der Waals surface area contributed by atoms with Gasteiger partial charge in [0.25, 0.3) is 0 Å². The summed E-state index contributed by atoms with van der Waals surface area (Å²) >= 11 is 1.16. The molecule has 8 heteroatoms. The van der Waals surface area contributed by atoms with Crippen molar-refractivity contribution in [1.82, 2.24) is 4.98 Å². The SMILES string of the molecule is CCOC(=O)c1nc(NC(=O)[C@@H]2[C@@H](C(=O)O)C2(C)C)sc1C. The smallest absolute Gasteiger partial charge is 0.358 e. The van der Waals surface area contributed by atoms with Gasteiger partial charge in [0, 0.05) is 4.88 Å². The Morgan fingerprint density at radius 1 is 1.36 bits per heavy atom. The molecule has 2 N–H and O–H groups in total. The number of carboxylic acids is 1. The minimum Gasteiger partial charge on any atom is -0.481 e. The number of hydrogen-bond acceptors (Lipinski definition) is 6. The number of esters is 1. The predicted molar refractivity (Wildman–Crippen MR) is 79.8 cm³/mol. The molecular weight excluding hydrogens is 308 g/mol. The fraction of sp³-hybridized carbons (Fsp3) is 0.571. The van der Waals surface area contributed by atoms with Crippen LogP contribution < -0.4 is 5.32 Å². The van der Waals surface area contributed by atoms with Crippen LogP contribution >= 0.6 is 11.3 Å². The molecule has 0 spiro atoms. The highest BCUT2D eigenvalue weighted by Crippen LogP contribution is 2.58. The summed E-state index contributed by atoms with van der Waals surface area (Å²) in [6.45, 7) is 7.14. The zero-order valence-corrected chi connectivity index (χ0v) is 13.6. The number of ether oxygens (including phenoxy) is 1. The van der Waals surface area contributed by atoms with E-state index < -0.39 is 29.2 Å². The van der Waals surface area contributed by atoms with Crippen molar-refractivity contribution in [1.29, 1.82) is 0 Å². The van der Waals surface area contributed by atoms with E-state index in [2.05, 4.69) is 10.3 Å². The first-order valence-electron chi connectivity index (χ1n) is 6.88. The lowest BCUT2D eigenvalue weighted by atomic mass is 10.1. The van der Waals surface area contributed by atoms with Crippen molar-refractivity contribution in [2.75, 3.05) is 11.9 Å². The highest BCUT2D eigenvalue weighted by molar-refractivity contribution is 7.16. The standard InChI is InChI=1S/C14H18N2O5S/c1-5-21-12(20)9-6(2)22-13(15-9)16-10(17)7-8(11(18)19)14(7,3)4/h7-8H,5H2,1-4H3,(H,18,19)(H,15,16,17)/t7-,8-/m0/s1. The van der Waals surface area contributed by atoms with Gasteiger partial charge in [0.1, 0.15) is 0 Å². The van der Waals surface area contributed by atoms with E-state index in [1.165, 1.54) is 0 Å². The van der Waals surface area contributed by atoms with E-state index in [0.717, 1.165) is 11.3 Å². The number of anilines is 1. The maximum Gasteiger partial charge on any atom is 0.358 e. The van der Waals surface area contributed by atoms with Crippen molar-refractivity contribution in [2.24, 2.45) is 17.3 Å². The quantitative estimate of drug-likeness (QED) is 0.801. The molecule has 1 aromatic heterocycles. The van der Waals surface area contributed by atoms with Crippen LogP contribution in [0.25, 0.3) is 0 Å². The van der Waals surface area contributed by atoms with E-state index in [0.29, 0.717) is 4.88 Å². The van der Waals surface area contributed by atoms with Crippen LogP contribution in [0.4, 0.5) is 5.13 Å². The third kappa shape index (κ3) is 2.83. The maximum atomic E-state index is 12.2. The Bertz CT molecular complexity index is 637. The molecule has 0 aliphatic heterocycles. The number of carbonyl (C=O) groups is 3. The minimum atomic E-state index is -0.979. The molecule has 7 nitrogen and oxygen atoms in total. The van der Waals surface area contributed by atoms with Crippen LogP contribution in [0.5, 0.6) is 0 Å². The summed E-state index contributed by atoms with van der Waals surface area (Å²) in [7, 11) is 0. The summed E-state index contributed by atoms with van der Waals surface area (Å²) in [6, 6.07) is 0. The normalized spacial score (nSPS) is 22.0. The first-order chi connectivity index (χ1) is 10.2. The third-order valence-electron chi connectivity index (χ3n) is 3.87. The second-order valence-electron chi connectivity index (χ2n) is 5.75. The number of carbonyl (C=O) groups excluding carboxylic acids is 2. The van der Waals surface area contributed by atoms with E-state index in [1.54, 1.807) is 27.7 Å². The molecule has 0 unspecified atom stereocenters. The monoisotopic (exact) mass is 326 g/mol. The Morgan fingerprint density at radius 2 is 2.00 bits per heavy atom. The van der Waals surface area contributed by atoms with E-state index in [1.807, 2.05) is 0 Å². The van der Waals surface area contributed by atoms with Crippen LogP contribution in [-0.4, -0.2) is 34.5 Å². The Morgan fingerprint density at radius 3 is 2.50 bits per heavy atom. The van der Waals surface area contributed by atoms with Crippen molar-refractivity contribution in [3.8, 4) is 0 Å². The molecule has 0 radical (unpaired) electrons. The van der Waals surface area contributed by atoms with Crippen molar-refractivity contribution in [3.05, 3.63) is 10.6 Å². The zero-order valence-electron chi connectivity index (χ0n) is 12.8. The molecule has 22 heavy (non-hydrogen) atoms. The highest BCUT2D eigenvalue weighted by Gasteiger charge is 2.66. The third-order valence-corrected chi connectivity index (χ3v) is 4.76. The van der Waals surface area contributed by atoms with Gasteiger partial charge < -0.3 is 15.2 Å². The predicted octanol–water partition coefficient (Wildman–Crippen LogP) is 1.92. The van der Waals surface area contributed by atoms with E-state index >= 15 is 0 Å². The lowest BCUT2D eigenvalue weighted by Gasteiger charge is -2.02. The summed E-state index contributed by atoms with van der Waals surface area (Å²) in [5.74, 6) is -3.19. The molecule has 1 fully saturated rings. The molecule has 2 atom stereocenters. The topological polar surface area (TPSA) is 106 Å². The summed E-state index contributed by atoms with van der Waals surface area (Å²) in [5, 5.41) is 12.0. The van der Waals surface area contributed by atoms with Crippen molar-refractivity contribution in [3.63, 3.8) is 0 Å². The van der Waals surface area contributed by atoms with E-state index in [4.69, 9.17) is 9.84 Å². The molecule has 1 amide bonds. The van der Waals surface area contributed by atoms with Crippen molar-refractivity contribution < 1.29 is 24.2 Å². The van der Waals surface area contributed by atoms with Gasteiger partial charge in [-0.05, 0) is 19.3 Å². The highest BCUT2D eigenvalue weighted by atomic mass is 32.1. The molecule has 120 valence electrons. The number of rotatable bonds is 5. The van der Waals surface area contributed by atoms with Crippen LogP contribution in [-0.2, 0) is 14.3 Å². The van der Waals surface area contributed by atoms with Gasteiger partial charge in [0.05, 0.1) is 18.4 Å². The first-order valence-corrected chi connectivity index (χ1v) is 7.70. The van der Waals surface area contributed by atoms with Crippen LogP contribution in [0, 0.1) is 24.2 Å². The summed E-state index contributed by atoms with van der Waals surface area (Å²) < 4.78 is 4.88. The largest absolute Gasteiger partial charge is 0.481 e. The second-order valence-corrected chi connectivity index (χ2v) is 6.95. The number of thiazole rings is 1. The summed E-state index contributed by atoms with van der Waals surface area (Å²) in [6.07, 6.45) is 0. The van der Waals surface area contributed by atoms with Crippen molar-refractivity contribution >= 4 is 34.3 Å². The molecule has 0 aromatic carbocycles. The Kier molecular flexibility index (Phi) is 4.23. The van der Waals surface area contributed by atoms with E-state index in [-0.39, 0.29) is 23.3 Å². The minimum absolute atomic E-state index is 0.173. The second kappa shape index (κ2) is 5.68. The lowest BCUT2D eigenvalue weighted by molar-refractivity contribution is -0.140. The van der Waals surface area contributed by atoms with Crippen molar-refractivity contribution in [2.45, 2.75) is 27.7 Å². The number of amides is 1. The molecule has 1 saturated carbocycles. The van der Waals surface area contributed by atoms with Gasteiger partial charge in [0.15, 0.2) is 10.8 Å². The molecule has 0 saturated heterocycles. The number of aromatic nitrogens is 1. The average Bonchev–Trinajstić information content (AvgIpc) is 2.80. The number of carboxylic acid groups (broad SMARTS) is 1. The van der Waals surface area contributed by atoms with Gasteiger partial charge in [-0.1, -0.05) is 13.8 Å². The van der Waals surface area contributed by atoms with Gasteiger partial charge in [-0.3, -0.25) is 9.59 Å². The van der Waals surface area contributed by atoms with Gasteiger partial charge in [-0.25, -0.2) is 9.78 Å². The number of hydrogen-bond donors (Lipinski definition) is 2. The molecular formula is C14H18N2O5S. The summed E-state index contributed by atoms with van der Waals surface area (Å²) in [4.78, 5) is 39.7. The van der Waals surface area contributed by atoms with Crippen LogP contribution in [0.2, 0.25) is 0 Å². The fourth-order valence-corrected chi connectivity index (χ4v) is 3.41. The first kappa shape index (κ1) is 16.4. The van der Waals surface area contributed by atoms with E-state index in [9.17, 15) is 14.4 Å². The summed E-state index contributed by atoms with van der Waals surface area (Å²) in [5.41, 5.74) is -0.404. The van der Waals surface area contributed by atoms with Gasteiger partial charge in [-0.2, -0.15) is 0 Å². The molecule has 0 bridgehead atoms. The van der Waals surface area contributed by atoms with Gasteiger partial charge in [-0.15, -0.1) is 11.3 Å². The molecule has 1 aliphatic carbocycles. The fourth-order valence-electron chi connectivity index (χ4n) is 2.61. The average molecular weight is 326 g/mol. The number of nitrogens with one attached hydrogen (secondary N) is 1.